The Bertz CT molecular complexity index is 1000. The summed E-state index contributed by atoms with van der Waals surface area (Å²) in [6.07, 6.45) is 7.60. The van der Waals surface area contributed by atoms with Gasteiger partial charge in [-0.15, -0.1) is 0 Å². The summed E-state index contributed by atoms with van der Waals surface area (Å²) in [5.74, 6) is 0.0380. The molecule has 0 atom stereocenters. The van der Waals surface area contributed by atoms with Crippen LogP contribution in [0.3, 0.4) is 0 Å². The van der Waals surface area contributed by atoms with Crippen LogP contribution in [0.4, 0.5) is 0 Å². The van der Waals surface area contributed by atoms with Crippen LogP contribution in [0, 0.1) is 0 Å². The maximum Gasteiger partial charge on any atom is 0.246 e. The zero-order valence-corrected chi connectivity index (χ0v) is 17.6. The molecule has 30 heavy (non-hydrogen) atoms. The normalized spacial score (nSPS) is 15.5. The van der Waals surface area contributed by atoms with E-state index in [4.69, 9.17) is 5.10 Å². The van der Waals surface area contributed by atoms with Crippen molar-refractivity contribution in [3.63, 3.8) is 0 Å². The lowest BCUT2D eigenvalue weighted by Crippen LogP contribution is -2.43. The number of para-hydroxylation sites is 1. The molecular formula is C25H28N4O. The highest BCUT2D eigenvalue weighted by molar-refractivity contribution is 5.93. The molecular weight excluding hydrogens is 372 g/mol. The molecule has 5 nitrogen and oxygen atoms in total. The minimum Gasteiger partial charge on any atom is -0.339 e. The summed E-state index contributed by atoms with van der Waals surface area (Å²) in [5, 5.41) is 4.81. The average Bonchev–Trinajstić information content (AvgIpc) is 3.23. The fourth-order valence-electron chi connectivity index (χ4n) is 3.88. The van der Waals surface area contributed by atoms with E-state index in [9.17, 15) is 4.79 Å². The van der Waals surface area contributed by atoms with Crippen molar-refractivity contribution in [2.75, 3.05) is 27.2 Å². The summed E-state index contributed by atoms with van der Waals surface area (Å²) in [4.78, 5) is 17.0. The molecule has 2 aromatic carbocycles. The van der Waals surface area contributed by atoms with Crippen LogP contribution in [-0.4, -0.2) is 58.7 Å². The maximum absolute atomic E-state index is 12.8. The Morgan fingerprint density at radius 3 is 2.33 bits per heavy atom. The number of likely N-dealkylation sites (tertiary alicyclic amines) is 1. The van der Waals surface area contributed by atoms with Crippen molar-refractivity contribution in [2.45, 2.75) is 18.9 Å². The molecule has 3 aromatic rings. The Balaban J connectivity index is 1.59. The minimum atomic E-state index is 0.0380. The lowest BCUT2D eigenvalue weighted by molar-refractivity contribution is -0.127. The number of likely N-dealkylation sites (N-methyl/N-ethyl adjacent to an activating group) is 1. The van der Waals surface area contributed by atoms with Gasteiger partial charge in [-0.25, -0.2) is 4.68 Å². The largest absolute Gasteiger partial charge is 0.339 e. The summed E-state index contributed by atoms with van der Waals surface area (Å²) in [6.45, 7) is 2.07. The number of aromatic nitrogens is 2. The van der Waals surface area contributed by atoms with Crippen LogP contribution in [0.15, 0.2) is 72.9 Å². The standard InChI is InChI=1S/C25H28N4O/c1-27-17-15-22(16-18-27)28(2)24(30)14-13-21-19-29(23-11-7-4-8-12-23)26-25(21)20-9-5-3-6-10-20/h3-14,19,22H,15-18H2,1-2H3. The van der Waals surface area contributed by atoms with Gasteiger partial charge < -0.3 is 9.80 Å². The number of hydrogen-bond donors (Lipinski definition) is 0. The highest BCUT2D eigenvalue weighted by atomic mass is 16.2. The molecule has 4 rings (SSSR count). The molecule has 2 heterocycles. The molecule has 1 amide bonds. The molecule has 0 aliphatic carbocycles. The molecule has 5 heteroatoms. The molecule has 0 unspecified atom stereocenters. The number of amides is 1. The first-order chi connectivity index (χ1) is 14.6. The molecule has 0 bridgehead atoms. The van der Waals surface area contributed by atoms with Gasteiger partial charge >= 0.3 is 0 Å². The first-order valence-electron chi connectivity index (χ1n) is 10.5. The molecule has 1 aliphatic heterocycles. The third-order valence-corrected chi connectivity index (χ3v) is 5.80. The highest BCUT2D eigenvalue weighted by Crippen LogP contribution is 2.25. The number of carbonyl (C=O) groups is 1. The van der Waals surface area contributed by atoms with Crippen molar-refractivity contribution in [3.05, 3.63) is 78.5 Å². The van der Waals surface area contributed by atoms with Crippen LogP contribution in [0.1, 0.15) is 18.4 Å². The van der Waals surface area contributed by atoms with Gasteiger partial charge in [0.1, 0.15) is 0 Å². The zero-order valence-electron chi connectivity index (χ0n) is 17.6. The lowest BCUT2D eigenvalue weighted by atomic mass is 10.0. The van der Waals surface area contributed by atoms with Crippen LogP contribution in [-0.2, 0) is 4.79 Å². The number of benzene rings is 2. The zero-order chi connectivity index (χ0) is 20.9. The molecule has 0 spiro atoms. The second-order valence-electron chi connectivity index (χ2n) is 7.90. The summed E-state index contributed by atoms with van der Waals surface area (Å²) >= 11 is 0. The van der Waals surface area contributed by atoms with E-state index in [1.54, 1.807) is 6.08 Å². The third-order valence-electron chi connectivity index (χ3n) is 5.80. The fraction of sp³-hybridized carbons (Fsp3) is 0.280. The van der Waals surface area contributed by atoms with Gasteiger partial charge in [0.25, 0.3) is 0 Å². The van der Waals surface area contributed by atoms with E-state index in [1.165, 1.54) is 0 Å². The Hall–Kier alpha value is -3.18. The molecule has 0 N–H and O–H groups in total. The van der Waals surface area contributed by atoms with Gasteiger partial charge in [0, 0.05) is 36.5 Å². The van der Waals surface area contributed by atoms with Gasteiger partial charge in [0.2, 0.25) is 5.91 Å². The first kappa shape index (κ1) is 20.1. The smallest absolute Gasteiger partial charge is 0.246 e. The summed E-state index contributed by atoms with van der Waals surface area (Å²) in [5.41, 5.74) is 3.81. The Kier molecular flexibility index (Phi) is 6.10. The maximum atomic E-state index is 12.8. The molecule has 1 aliphatic rings. The van der Waals surface area contributed by atoms with Crippen molar-refractivity contribution in [2.24, 2.45) is 0 Å². The quantitative estimate of drug-likeness (QED) is 0.606. The van der Waals surface area contributed by atoms with Gasteiger partial charge in [0.15, 0.2) is 0 Å². The van der Waals surface area contributed by atoms with Crippen molar-refractivity contribution >= 4 is 12.0 Å². The second kappa shape index (κ2) is 9.09. The Morgan fingerprint density at radius 1 is 1.03 bits per heavy atom. The van der Waals surface area contributed by atoms with Crippen LogP contribution >= 0.6 is 0 Å². The van der Waals surface area contributed by atoms with Crippen molar-refractivity contribution < 1.29 is 4.79 Å². The van der Waals surface area contributed by atoms with Gasteiger partial charge in [-0.05, 0) is 51.2 Å². The summed E-state index contributed by atoms with van der Waals surface area (Å²) in [6, 6.07) is 20.4. The number of rotatable bonds is 5. The van der Waals surface area contributed by atoms with Crippen LogP contribution in [0.5, 0.6) is 0 Å². The number of hydrogen-bond acceptors (Lipinski definition) is 3. The number of nitrogens with zero attached hydrogens (tertiary/aromatic N) is 4. The number of piperidine rings is 1. The fourth-order valence-corrected chi connectivity index (χ4v) is 3.88. The minimum absolute atomic E-state index is 0.0380. The van der Waals surface area contributed by atoms with Gasteiger partial charge in [0.05, 0.1) is 11.4 Å². The molecule has 0 radical (unpaired) electrons. The van der Waals surface area contributed by atoms with E-state index in [0.717, 1.165) is 48.4 Å². The van der Waals surface area contributed by atoms with Crippen molar-refractivity contribution in [3.8, 4) is 16.9 Å². The predicted octanol–water partition coefficient (Wildman–Crippen LogP) is 4.11. The van der Waals surface area contributed by atoms with Crippen molar-refractivity contribution in [1.82, 2.24) is 19.6 Å². The van der Waals surface area contributed by atoms with Crippen LogP contribution < -0.4 is 0 Å². The third kappa shape index (κ3) is 4.52. The lowest BCUT2D eigenvalue weighted by Gasteiger charge is -2.34. The van der Waals surface area contributed by atoms with Crippen LogP contribution in [0.2, 0.25) is 0 Å². The Morgan fingerprint density at radius 2 is 1.67 bits per heavy atom. The van der Waals surface area contributed by atoms with Crippen LogP contribution in [0.25, 0.3) is 23.0 Å². The molecule has 0 saturated carbocycles. The summed E-state index contributed by atoms with van der Waals surface area (Å²) < 4.78 is 1.87. The van der Waals surface area contributed by atoms with E-state index >= 15 is 0 Å². The molecule has 1 saturated heterocycles. The van der Waals surface area contributed by atoms with E-state index < -0.39 is 0 Å². The number of carbonyl (C=O) groups excluding carboxylic acids is 1. The van der Waals surface area contributed by atoms with E-state index in [-0.39, 0.29) is 5.91 Å². The van der Waals surface area contributed by atoms with Gasteiger partial charge in [-0.2, -0.15) is 5.10 Å². The predicted molar refractivity (Wildman–Crippen MR) is 121 cm³/mol. The molecule has 1 aromatic heterocycles. The van der Waals surface area contributed by atoms with E-state index in [1.807, 2.05) is 89.6 Å². The monoisotopic (exact) mass is 400 g/mol. The van der Waals surface area contributed by atoms with E-state index in [2.05, 4.69) is 11.9 Å². The molecule has 1 fully saturated rings. The SMILES string of the molecule is CN1CCC(N(C)C(=O)C=Cc2cn(-c3ccccc3)nc2-c2ccccc2)CC1. The summed E-state index contributed by atoms with van der Waals surface area (Å²) in [7, 11) is 4.04. The van der Waals surface area contributed by atoms with Crippen molar-refractivity contribution in [1.29, 1.82) is 0 Å². The Labute approximate surface area is 178 Å². The molecule has 154 valence electrons. The first-order valence-corrected chi connectivity index (χ1v) is 10.5. The second-order valence-corrected chi connectivity index (χ2v) is 7.90. The highest BCUT2D eigenvalue weighted by Gasteiger charge is 2.22. The topological polar surface area (TPSA) is 41.4 Å². The van der Waals surface area contributed by atoms with Gasteiger partial charge in [-0.1, -0.05) is 48.5 Å². The van der Waals surface area contributed by atoms with E-state index in [0.29, 0.717) is 6.04 Å². The average molecular weight is 401 g/mol. The van der Waals surface area contributed by atoms with Gasteiger partial charge in [-0.3, -0.25) is 4.79 Å².